The Balaban J connectivity index is 2.62. The number of carbonyl (C=O) groups is 1. The van der Waals surface area contributed by atoms with Gasteiger partial charge in [-0.05, 0) is 25.5 Å². The molecule has 1 unspecified atom stereocenters. The molecule has 18 heavy (non-hydrogen) atoms. The molecule has 0 saturated heterocycles. The third kappa shape index (κ3) is 4.61. The fourth-order valence-corrected chi connectivity index (χ4v) is 1.99. The molecule has 2 heteroatoms. The highest BCUT2D eigenvalue weighted by Gasteiger charge is 2.13. The van der Waals surface area contributed by atoms with Crippen LogP contribution in [0.1, 0.15) is 43.1 Å². The Morgan fingerprint density at radius 2 is 2.06 bits per heavy atom. The number of hydrogen-bond acceptors (Lipinski definition) is 2. The topological polar surface area (TPSA) is 20.3 Å². The summed E-state index contributed by atoms with van der Waals surface area (Å²) in [7, 11) is 0. The van der Waals surface area contributed by atoms with Crippen LogP contribution in [0.5, 0.6) is 0 Å². The van der Waals surface area contributed by atoms with E-state index in [1.165, 1.54) is 0 Å². The predicted molar refractivity (Wildman–Crippen MR) is 77.1 cm³/mol. The van der Waals surface area contributed by atoms with Crippen LogP contribution >= 0.6 is 0 Å². The van der Waals surface area contributed by atoms with Crippen molar-refractivity contribution in [3.05, 3.63) is 35.4 Å². The molecule has 0 aromatic heterocycles. The first kappa shape index (κ1) is 14.9. The highest BCUT2D eigenvalue weighted by atomic mass is 16.1. The summed E-state index contributed by atoms with van der Waals surface area (Å²) in [6, 6.07) is 7.85. The van der Waals surface area contributed by atoms with Crippen LogP contribution < -0.4 is 0 Å². The maximum atomic E-state index is 12.2. The van der Waals surface area contributed by atoms with Crippen molar-refractivity contribution in [1.82, 2.24) is 4.90 Å². The van der Waals surface area contributed by atoms with Gasteiger partial charge in [0.1, 0.15) is 0 Å². The minimum absolute atomic E-state index is 0.226. The molecular weight excluding hydrogens is 222 g/mol. The van der Waals surface area contributed by atoms with Crippen LogP contribution in [-0.4, -0.2) is 30.3 Å². The number of nitrogens with zero attached hydrogens (tertiary/aromatic N) is 1. The van der Waals surface area contributed by atoms with Gasteiger partial charge in [-0.25, -0.2) is 0 Å². The molecule has 0 N–H and O–H groups in total. The maximum absolute atomic E-state index is 12.2. The van der Waals surface area contributed by atoms with Crippen molar-refractivity contribution >= 4 is 5.78 Å². The van der Waals surface area contributed by atoms with Crippen LogP contribution in [0.2, 0.25) is 0 Å². The lowest BCUT2D eigenvalue weighted by molar-refractivity contribution is 0.0924. The Morgan fingerprint density at radius 3 is 2.61 bits per heavy atom. The lowest BCUT2D eigenvalue weighted by Crippen LogP contribution is -2.33. The molecule has 0 spiro atoms. The van der Waals surface area contributed by atoms with Gasteiger partial charge in [0.2, 0.25) is 0 Å². The highest BCUT2D eigenvalue weighted by Crippen LogP contribution is 2.08. The first-order chi connectivity index (χ1) is 8.56. The number of rotatable bonds is 7. The molecule has 0 aliphatic rings. The number of ketones is 1. The van der Waals surface area contributed by atoms with E-state index in [4.69, 9.17) is 0 Å². The van der Waals surface area contributed by atoms with Gasteiger partial charge < -0.3 is 0 Å². The summed E-state index contributed by atoms with van der Waals surface area (Å²) in [5, 5.41) is 0. The summed E-state index contributed by atoms with van der Waals surface area (Å²) in [6.45, 7) is 11.0. The normalized spacial score (nSPS) is 12.7. The molecule has 1 atom stereocenters. The van der Waals surface area contributed by atoms with Crippen LogP contribution in [0.4, 0.5) is 0 Å². The smallest absolute Gasteiger partial charge is 0.176 e. The van der Waals surface area contributed by atoms with Crippen LogP contribution in [0.25, 0.3) is 0 Å². The Kier molecular flexibility index (Phi) is 6.06. The molecule has 0 radical (unpaired) electrons. The van der Waals surface area contributed by atoms with Gasteiger partial charge in [0, 0.05) is 12.1 Å². The summed E-state index contributed by atoms with van der Waals surface area (Å²) >= 11 is 0. The van der Waals surface area contributed by atoms with Gasteiger partial charge in [-0.15, -0.1) is 0 Å². The standard InChI is InChI=1S/C16H25NO/c1-5-13(3)11-17(6-2)12-16(18)15-9-7-8-14(4)10-15/h7-10,13H,5-6,11-12H2,1-4H3. The zero-order chi connectivity index (χ0) is 13.5. The second-order valence-corrected chi connectivity index (χ2v) is 5.13. The third-order valence-electron chi connectivity index (χ3n) is 3.42. The number of aryl methyl sites for hydroxylation is 1. The molecule has 0 aliphatic carbocycles. The number of hydrogen-bond donors (Lipinski definition) is 0. The lowest BCUT2D eigenvalue weighted by atomic mass is 10.1. The Morgan fingerprint density at radius 1 is 1.33 bits per heavy atom. The fraction of sp³-hybridized carbons (Fsp3) is 0.562. The number of Topliss-reactive ketones (excluding diaryl/α,β-unsaturated/α-hetero) is 1. The monoisotopic (exact) mass is 247 g/mol. The van der Waals surface area contributed by atoms with E-state index in [9.17, 15) is 4.79 Å². The highest BCUT2D eigenvalue weighted by molar-refractivity contribution is 5.97. The van der Waals surface area contributed by atoms with Gasteiger partial charge in [0.25, 0.3) is 0 Å². The SMILES string of the molecule is CCC(C)CN(CC)CC(=O)c1cccc(C)c1. The van der Waals surface area contributed by atoms with Crippen molar-refractivity contribution in [2.24, 2.45) is 5.92 Å². The lowest BCUT2D eigenvalue weighted by Gasteiger charge is -2.22. The Bertz CT molecular complexity index is 386. The van der Waals surface area contributed by atoms with Gasteiger partial charge in [-0.3, -0.25) is 9.69 Å². The van der Waals surface area contributed by atoms with Gasteiger partial charge >= 0.3 is 0 Å². The minimum atomic E-state index is 0.226. The Labute approximate surface area is 111 Å². The number of carbonyl (C=O) groups excluding carboxylic acids is 1. The van der Waals surface area contributed by atoms with E-state index in [0.29, 0.717) is 12.5 Å². The molecule has 0 aliphatic heterocycles. The van der Waals surface area contributed by atoms with Crippen molar-refractivity contribution in [1.29, 1.82) is 0 Å². The Hall–Kier alpha value is -1.15. The molecule has 1 aromatic carbocycles. The van der Waals surface area contributed by atoms with E-state index in [2.05, 4.69) is 25.7 Å². The van der Waals surface area contributed by atoms with Gasteiger partial charge in [-0.1, -0.05) is 51.0 Å². The summed E-state index contributed by atoms with van der Waals surface area (Å²) in [4.78, 5) is 14.4. The molecule has 0 saturated carbocycles. The van der Waals surface area contributed by atoms with Crippen molar-refractivity contribution in [3.8, 4) is 0 Å². The molecule has 1 rings (SSSR count). The van der Waals surface area contributed by atoms with Crippen LogP contribution in [0.3, 0.4) is 0 Å². The summed E-state index contributed by atoms with van der Waals surface area (Å²) < 4.78 is 0. The maximum Gasteiger partial charge on any atom is 0.176 e. The molecule has 100 valence electrons. The molecule has 2 nitrogen and oxygen atoms in total. The van der Waals surface area contributed by atoms with E-state index in [1.54, 1.807) is 0 Å². The van der Waals surface area contributed by atoms with E-state index < -0.39 is 0 Å². The van der Waals surface area contributed by atoms with Crippen molar-refractivity contribution in [2.75, 3.05) is 19.6 Å². The average molecular weight is 247 g/mol. The van der Waals surface area contributed by atoms with Crippen LogP contribution in [-0.2, 0) is 0 Å². The molecule has 0 bridgehead atoms. The van der Waals surface area contributed by atoms with Gasteiger partial charge in [0.15, 0.2) is 5.78 Å². The van der Waals surface area contributed by atoms with E-state index in [0.717, 1.165) is 30.6 Å². The van der Waals surface area contributed by atoms with Gasteiger partial charge in [0.05, 0.1) is 6.54 Å². The van der Waals surface area contributed by atoms with E-state index >= 15 is 0 Å². The van der Waals surface area contributed by atoms with Crippen LogP contribution in [0, 0.1) is 12.8 Å². The minimum Gasteiger partial charge on any atom is -0.296 e. The molecule has 0 amide bonds. The second-order valence-electron chi connectivity index (χ2n) is 5.13. The van der Waals surface area contributed by atoms with Gasteiger partial charge in [-0.2, -0.15) is 0 Å². The van der Waals surface area contributed by atoms with Crippen LogP contribution in [0.15, 0.2) is 24.3 Å². The zero-order valence-corrected chi connectivity index (χ0v) is 12.1. The first-order valence-electron chi connectivity index (χ1n) is 6.89. The summed E-state index contributed by atoms with van der Waals surface area (Å²) in [5.41, 5.74) is 1.98. The third-order valence-corrected chi connectivity index (χ3v) is 3.42. The predicted octanol–water partition coefficient (Wildman–Crippen LogP) is 3.55. The molecule has 0 heterocycles. The van der Waals surface area contributed by atoms with Crippen molar-refractivity contribution in [3.63, 3.8) is 0 Å². The second kappa shape index (κ2) is 7.32. The molecular formula is C16H25NO. The summed E-state index contributed by atoms with van der Waals surface area (Å²) in [5.74, 6) is 0.874. The largest absolute Gasteiger partial charge is 0.296 e. The van der Waals surface area contributed by atoms with E-state index in [-0.39, 0.29) is 5.78 Å². The zero-order valence-electron chi connectivity index (χ0n) is 12.1. The fourth-order valence-electron chi connectivity index (χ4n) is 1.99. The molecule has 1 aromatic rings. The van der Waals surface area contributed by atoms with E-state index in [1.807, 2.05) is 31.2 Å². The summed E-state index contributed by atoms with van der Waals surface area (Å²) in [6.07, 6.45) is 1.16. The number of benzene rings is 1. The first-order valence-corrected chi connectivity index (χ1v) is 6.89. The number of likely N-dealkylation sites (N-methyl/N-ethyl adjacent to an activating group) is 1. The molecule has 0 fully saturated rings. The quantitative estimate of drug-likeness (QED) is 0.687. The van der Waals surface area contributed by atoms with Crippen molar-refractivity contribution in [2.45, 2.75) is 34.1 Å². The average Bonchev–Trinajstić information content (AvgIpc) is 2.37. The van der Waals surface area contributed by atoms with Crippen molar-refractivity contribution < 1.29 is 4.79 Å².